The zero-order valence-corrected chi connectivity index (χ0v) is 22.0. The lowest BCUT2D eigenvalue weighted by atomic mass is 9.97. The molecule has 1 aromatic heterocycles. The molecule has 2 fully saturated rings. The first-order valence-electron chi connectivity index (χ1n) is 13.5. The Morgan fingerprint density at radius 1 is 1.05 bits per heavy atom. The van der Waals surface area contributed by atoms with E-state index in [1.54, 1.807) is 23.2 Å². The predicted molar refractivity (Wildman–Crippen MR) is 141 cm³/mol. The third-order valence-corrected chi connectivity index (χ3v) is 7.31. The van der Waals surface area contributed by atoms with Crippen LogP contribution in [0.15, 0.2) is 36.5 Å². The van der Waals surface area contributed by atoms with Crippen molar-refractivity contribution in [1.82, 2.24) is 14.8 Å². The molecule has 200 valence electrons. The van der Waals surface area contributed by atoms with E-state index in [9.17, 15) is 14.0 Å². The maximum atomic E-state index is 14.8. The molecular formula is C29H39FN4O3. The van der Waals surface area contributed by atoms with Crippen LogP contribution in [0.5, 0.6) is 5.88 Å². The number of carbonyl (C=O) groups is 2. The van der Waals surface area contributed by atoms with Crippen LogP contribution in [0.4, 0.5) is 4.39 Å². The molecule has 4 rings (SSSR count). The second-order valence-electron chi connectivity index (χ2n) is 10.8. The van der Waals surface area contributed by atoms with Crippen LogP contribution in [0.3, 0.4) is 0 Å². The number of rotatable bonds is 9. The summed E-state index contributed by atoms with van der Waals surface area (Å²) in [5.41, 5.74) is 8.01. The highest BCUT2D eigenvalue weighted by Crippen LogP contribution is 2.25. The van der Waals surface area contributed by atoms with Crippen LogP contribution in [0.25, 0.3) is 11.1 Å². The fraction of sp³-hybridized carbons (Fsp3) is 0.552. The molecule has 3 heterocycles. The van der Waals surface area contributed by atoms with Crippen LogP contribution in [-0.4, -0.2) is 65.4 Å². The summed E-state index contributed by atoms with van der Waals surface area (Å²) in [5, 5.41) is 0. The number of halogens is 1. The molecule has 0 bridgehead atoms. The number of likely N-dealkylation sites (tertiary alicyclic amines) is 2. The number of piperidine rings is 1. The molecule has 7 nitrogen and oxygen atoms in total. The van der Waals surface area contributed by atoms with Crippen molar-refractivity contribution >= 4 is 11.8 Å². The summed E-state index contributed by atoms with van der Waals surface area (Å²) in [7, 11) is 0. The van der Waals surface area contributed by atoms with Gasteiger partial charge < -0.3 is 20.3 Å². The van der Waals surface area contributed by atoms with E-state index in [0.29, 0.717) is 41.9 Å². The number of benzene rings is 1. The summed E-state index contributed by atoms with van der Waals surface area (Å²) < 4.78 is 20.7. The quantitative estimate of drug-likeness (QED) is 0.550. The average molecular weight is 511 g/mol. The summed E-state index contributed by atoms with van der Waals surface area (Å²) in [6, 6.07) is 7.93. The van der Waals surface area contributed by atoms with E-state index in [1.807, 2.05) is 17.0 Å². The molecule has 2 aliphatic heterocycles. The molecule has 0 aliphatic carbocycles. The Labute approximate surface area is 219 Å². The average Bonchev–Trinajstić information content (AvgIpc) is 3.43. The highest BCUT2D eigenvalue weighted by molar-refractivity contribution is 5.82. The minimum atomic E-state index is -0.732. The minimum absolute atomic E-state index is 0.106. The van der Waals surface area contributed by atoms with Crippen LogP contribution < -0.4 is 10.5 Å². The third kappa shape index (κ3) is 7.28. The molecule has 0 radical (unpaired) electrons. The lowest BCUT2D eigenvalue weighted by Gasteiger charge is -2.32. The minimum Gasteiger partial charge on any atom is -0.477 e. The van der Waals surface area contributed by atoms with Gasteiger partial charge in [-0.15, -0.1) is 0 Å². The van der Waals surface area contributed by atoms with Crippen molar-refractivity contribution in [3.63, 3.8) is 0 Å². The topological polar surface area (TPSA) is 88.8 Å². The number of nitrogens with two attached hydrogens (primary N) is 1. The van der Waals surface area contributed by atoms with Gasteiger partial charge in [0.1, 0.15) is 5.82 Å². The van der Waals surface area contributed by atoms with Crippen molar-refractivity contribution in [2.24, 2.45) is 17.6 Å². The van der Waals surface area contributed by atoms with Gasteiger partial charge in [0.25, 0.3) is 0 Å². The largest absolute Gasteiger partial charge is 0.477 e. The molecule has 1 atom stereocenters. The standard InChI is InChI=1S/C29H39FN4O3/c1-20(2)15-28(35)33-13-9-21(10-14-33)19-37-27-8-7-24(18-32-27)22-5-6-23(25(30)16-22)17-26(31)29(36)34-11-3-4-12-34/h5-8,16,18,20-21,26H,3-4,9-15,17,19,31H2,1-2H3/t26-/m0/s1. The number of carbonyl (C=O) groups excluding carboxylic acids is 2. The number of hydrogen-bond acceptors (Lipinski definition) is 5. The molecular weight excluding hydrogens is 471 g/mol. The van der Waals surface area contributed by atoms with E-state index in [-0.39, 0.29) is 24.1 Å². The van der Waals surface area contributed by atoms with Gasteiger partial charge in [-0.25, -0.2) is 9.37 Å². The van der Waals surface area contributed by atoms with E-state index in [2.05, 4.69) is 18.8 Å². The number of nitrogens with zero attached hydrogens (tertiary/aromatic N) is 3. The summed E-state index contributed by atoms with van der Waals surface area (Å²) in [6.45, 7) is 7.74. The van der Waals surface area contributed by atoms with Gasteiger partial charge in [-0.2, -0.15) is 0 Å². The van der Waals surface area contributed by atoms with Gasteiger partial charge in [-0.05, 0) is 67.2 Å². The van der Waals surface area contributed by atoms with E-state index in [4.69, 9.17) is 10.5 Å². The molecule has 2 aliphatic rings. The molecule has 2 N–H and O–H groups in total. The van der Waals surface area contributed by atoms with Gasteiger partial charge in [0.05, 0.1) is 12.6 Å². The maximum absolute atomic E-state index is 14.8. The van der Waals surface area contributed by atoms with Crippen molar-refractivity contribution in [2.45, 2.75) is 58.4 Å². The summed E-state index contributed by atoms with van der Waals surface area (Å²) in [5.74, 6) is 1.08. The van der Waals surface area contributed by atoms with Crippen LogP contribution in [0, 0.1) is 17.7 Å². The zero-order chi connectivity index (χ0) is 26.4. The molecule has 8 heteroatoms. The number of pyridine rings is 1. The molecule has 37 heavy (non-hydrogen) atoms. The van der Waals surface area contributed by atoms with E-state index in [0.717, 1.165) is 57.4 Å². The number of aromatic nitrogens is 1. The smallest absolute Gasteiger partial charge is 0.239 e. The summed E-state index contributed by atoms with van der Waals surface area (Å²) in [4.78, 5) is 32.8. The van der Waals surface area contributed by atoms with Gasteiger partial charge in [0.15, 0.2) is 0 Å². The van der Waals surface area contributed by atoms with Gasteiger partial charge in [-0.3, -0.25) is 9.59 Å². The fourth-order valence-electron chi connectivity index (χ4n) is 5.06. The van der Waals surface area contributed by atoms with Crippen molar-refractivity contribution < 1.29 is 18.7 Å². The lowest BCUT2D eigenvalue weighted by molar-refractivity contribution is -0.133. The first-order valence-corrected chi connectivity index (χ1v) is 13.5. The normalized spacial score (nSPS) is 17.3. The van der Waals surface area contributed by atoms with Crippen molar-refractivity contribution in [2.75, 3.05) is 32.8 Å². The highest BCUT2D eigenvalue weighted by atomic mass is 19.1. The first kappa shape index (κ1) is 27.0. The maximum Gasteiger partial charge on any atom is 0.239 e. The van der Waals surface area contributed by atoms with Gasteiger partial charge in [0.2, 0.25) is 17.7 Å². The van der Waals surface area contributed by atoms with E-state index < -0.39 is 6.04 Å². The Balaban J connectivity index is 1.26. The predicted octanol–water partition coefficient (Wildman–Crippen LogP) is 4.04. The third-order valence-electron chi connectivity index (χ3n) is 7.31. The van der Waals surface area contributed by atoms with Crippen LogP contribution in [0.1, 0.15) is 51.5 Å². The van der Waals surface area contributed by atoms with Gasteiger partial charge >= 0.3 is 0 Å². The SMILES string of the molecule is CC(C)CC(=O)N1CCC(COc2ccc(-c3ccc(C[C@H](N)C(=O)N4CCCC4)c(F)c3)cn2)CC1. The molecule has 2 aromatic rings. The molecule has 2 amide bonds. The second-order valence-corrected chi connectivity index (χ2v) is 10.8. The highest BCUT2D eigenvalue weighted by Gasteiger charge is 2.25. The number of amides is 2. The van der Waals surface area contributed by atoms with Gasteiger partial charge in [0, 0.05) is 50.4 Å². The lowest BCUT2D eigenvalue weighted by Crippen LogP contribution is -2.43. The molecule has 1 aromatic carbocycles. The Morgan fingerprint density at radius 3 is 2.38 bits per heavy atom. The fourth-order valence-corrected chi connectivity index (χ4v) is 5.06. The molecule has 0 spiro atoms. The molecule has 2 saturated heterocycles. The second kappa shape index (κ2) is 12.5. The van der Waals surface area contributed by atoms with Crippen molar-refractivity contribution in [3.05, 3.63) is 47.9 Å². The number of hydrogen-bond donors (Lipinski definition) is 1. The van der Waals surface area contributed by atoms with Crippen molar-refractivity contribution in [3.8, 4) is 17.0 Å². The van der Waals surface area contributed by atoms with Crippen LogP contribution in [-0.2, 0) is 16.0 Å². The Bertz CT molecular complexity index is 1060. The molecule has 0 saturated carbocycles. The summed E-state index contributed by atoms with van der Waals surface area (Å²) >= 11 is 0. The van der Waals surface area contributed by atoms with Crippen LogP contribution >= 0.6 is 0 Å². The van der Waals surface area contributed by atoms with E-state index >= 15 is 0 Å². The van der Waals surface area contributed by atoms with Gasteiger partial charge in [-0.1, -0.05) is 26.0 Å². The first-order chi connectivity index (χ1) is 17.8. The van der Waals surface area contributed by atoms with Crippen LogP contribution in [0.2, 0.25) is 0 Å². The number of ether oxygens (including phenoxy) is 1. The van der Waals surface area contributed by atoms with E-state index in [1.165, 1.54) is 6.07 Å². The van der Waals surface area contributed by atoms with Crippen molar-refractivity contribution in [1.29, 1.82) is 0 Å². The Kier molecular flexibility index (Phi) is 9.14. The molecule has 0 unspecified atom stereocenters. The Morgan fingerprint density at radius 2 is 1.76 bits per heavy atom. The Hall–Kier alpha value is -3.00. The zero-order valence-electron chi connectivity index (χ0n) is 22.0. The monoisotopic (exact) mass is 510 g/mol. The summed E-state index contributed by atoms with van der Waals surface area (Å²) in [6.07, 6.45) is 6.33.